The Hall–Kier alpha value is -1.57. The van der Waals surface area contributed by atoms with E-state index in [1.165, 1.54) is 6.07 Å². The molecule has 4 nitrogen and oxygen atoms in total. The van der Waals surface area contributed by atoms with E-state index >= 15 is 0 Å². The number of hydrogen-bond acceptors (Lipinski definition) is 3. The molecule has 0 aliphatic carbocycles. The number of rotatable bonds is 5. The van der Waals surface area contributed by atoms with Crippen molar-refractivity contribution in [2.45, 2.75) is 19.5 Å². The minimum absolute atomic E-state index is 0.113. The maximum Gasteiger partial charge on any atom is 0.406 e. The topological polar surface area (TPSA) is 57.6 Å². The maximum atomic E-state index is 12.3. The fraction of sp³-hybridized carbons (Fsp3) is 0.455. The van der Waals surface area contributed by atoms with E-state index in [0.29, 0.717) is 6.42 Å². The number of hydrogen-bond donors (Lipinski definition) is 1. The highest BCUT2D eigenvalue weighted by atomic mass is 32.1. The SMILES string of the molecule is CCc1ccc(C(=O)N(CC(=O)O)CC(F)(F)F)s1. The van der Waals surface area contributed by atoms with E-state index in [-0.39, 0.29) is 9.78 Å². The summed E-state index contributed by atoms with van der Waals surface area (Å²) >= 11 is 1.07. The van der Waals surface area contributed by atoms with Gasteiger partial charge in [-0.05, 0) is 18.6 Å². The molecule has 1 aromatic heterocycles. The van der Waals surface area contributed by atoms with E-state index in [9.17, 15) is 22.8 Å². The third-order valence-electron chi connectivity index (χ3n) is 2.20. The molecule has 1 amide bonds. The van der Waals surface area contributed by atoms with Gasteiger partial charge in [-0.1, -0.05) is 6.92 Å². The lowest BCUT2D eigenvalue weighted by molar-refractivity contribution is -0.149. The highest BCUT2D eigenvalue weighted by Crippen LogP contribution is 2.22. The van der Waals surface area contributed by atoms with E-state index in [2.05, 4.69) is 0 Å². The van der Waals surface area contributed by atoms with E-state index in [1.54, 1.807) is 6.07 Å². The number of aliphatic carboxylic acids is 1. The lowest BCUT2D eigenvalue weighted by atomic mass is 10.3. The molecule has 1 rings (SSSR count). The van der Waals surface area contributed by atoms with Gasteiger partial charge < -0.3 is 10.0 Å². The Bertz CT molecular complexity index is 470. The number of nitrogens with zero attached hydrogens (tertiary/aromatic N) is 1. The number of halogens is 3. The van der Waals surface area contributed by atoms with Crippen molar-refractivity contribution >= 4 is 23.2 Å². The molecule has 8 heteroatoms. The molecular formula is C11H12F3NO3S. The molecule has 0 aromatic carbocycles. The number of amides is 1. The quantitative estimate of drug-likeness (QED) is 0.907. The van der Waals surface area contributed by atoms with Gasteiger partial charge in [0.1, 0.15) is 13.1 Å². The molecule has 1 aromatic rings. The van der Waals surface area contributed by atoms with E-state index in [0.717, 1.165) is 16.2 Å². The summed E-state index contributed by atoms with van der Waals surface area (Å²) in [6.45, 7) is -0.694. The summed E-state index contributed by atoms with van der Waals surface area (Å²) in [5.41, 5.74) is 0. The van der Waals surface area contributed by atoms with Crippen LogP contribution in [-0.2, 0) is 11.2 Å². The fourth-order valence-electron chi connectivity index (χ4n) is 1.42. The third kappa shape index (κ3) is 4.90. The first-order valence-electron chi connectivity index (χ1n) is 5.39. The van der Waals surface area contributed by atoms with Gasteiger partial charge in [-0.25, -0.2) is 0 Å². The van der Waals surface area contributed by atoms with Crippen molar-refractivity contribution < 1.29 is 27.9 Å². The van der Waals surface area contributed by atoms with Crippen LogP contribution in [0.4, 0.5) is 13.2 Å². The Morgan fingerprint density at radius 1 is 1.37 bits per heavy atom. The Balaban J connectivity index is 2.90. The van der Waals surface area contributed by atoms with E-state index in [1.807, 2.05) is 6.92 Å². The lowest BCUT2D eigenvalue weighted by Crippen LogP contribution is -2.41. The first kappa shape index (κ1) is 15.5. The number of carboxylic acids is 1. The zero-order valence-corrected chi connectivity index (χ0v) is 10.8. The van der Waals surface area contributed by atoms with Crippen molar-refractivity contribution in [3.05, 3.63) is 21.9 Å². The largest absolute Gasteiger partial charge is 0.480 e. The van der Waals surface area contributed by atoms with Crippen LogP contribution in [0.15, 0.2) is 12.1 Å². The first-order valence-corrected chi connectivity index (χ1v) is 6.21. The normalized spacial score (nSPS) is 11.4. The highest BCUT2D eigenvalue weighted by Gasteiger charge is 2.34. The van der Waals surface area contributed by atoms with Crippen molar-refractivity contribution in [2.24, 2.45) is 0 Å². The summed E-state index contributed by atoms with van der Waals surface area (Å²) in [6.07, 6.45) is -3.97. The Kier molecular flexibility index (Phi) is 4.93. The van der Waals surface area contributed by atoms with E-state index in [4.69, 9.17) is 5.11 Å². The standard InChI is InChI=1S/C11H12F3NO3S/c1-2-7-3-4-8(19-7)10(18)15(5-9(16)17)6-11(12,13)14/h3-4H,2,5-6H2,1H3,(H,16,17). The molecule has 19 heavy (non-hydrogen) atoms. The minimum atomic E-state index is -4.63. The zero-order chi connectivity index (χ0) is 14.6. The van der Waals surface area contributed by atoms with Crippen LogP contribution >= 0.6 is 11.3 Å². The molecule has 0 atom stereocenters. The molecule has 1 N–H and O–H groups in total. The van der Waals surface area contributed by atoms with Crippen LogP contribution < -0.4 is 0 Å². The van der Waals surface area contributed by atoms with E-state index < -0.39 is 31.1 Å². The molecule has 1 heterocycles. The summed E-state index contributed by atoms with van der Waals surface area (Å²) in [5.74, 6) is -2.39. The number of carbonyl (C=O) groups is 2. The summed E-state index contributed by atoms with van der Waals surface area (Å²) in [7, 11) is 0. The van der Waals surface area contributed by atoms with Gasteiger partial charge in [-0.15, -0.1) is 11.3 Å². The average molecular weight is 295 g/mol. The molecule has 0 radical (unpaired) electrons. The summed E-state index contributed by atoms with van der Waals surface area (Å²) < 4.78 is 37.0. The second-order valence-electron chi connectivity index (χ2n) is 3.79. The number of alkyl halides is 3. The molecule has 0 bridgehead atoms. The van der Waals surface area contributed by atoms with Crippen molar-refractivity contribution in [1.82, 2.24) is 4.90 Å². The Labute approximate surface area is 111 Å². The highest BCUT2D eigenvalue weighted by molar-refractivity contribution is 7.14. The number of carbonyl (C=O) groups excluding carboxylic acids is 1. The summed E-state index contributed by atoms with van der Waals surface area (Å²) in [5, 5.41) is 8.57. The van der Waals surface area contributed by atoms with Crippen LogP contribution in [0.2, 0.25) is 0 Å². The maximum absolute atomic E-state index is 12.3. The van der Waals surface area contributed by atoms with Crippen molar-refractivity contribution in [1.29, 1.82) is 0 Å². The van der Waals surface area contributed by atoms with Crippen LogP contribution in [0.5, 0.6) is 0 Å². The van der Waals surface area contributed by atoms with Gasteiger partial charge in [0.05, 0.1) is 4.88 Å². The molecule has 0 fully saturated rings. The van der Waals surface area contributed by atoms with Crippen molar-refractivity contribution in [3.8, 4) is 0 Å². The van der Waals surface area contributed by atoms with Crippen LogP contribution in [0.3, 0.4) is 0 Å². The third-order valence-corrected chi connectivity index (χ3v) is 3.42. The van der Waals surface area contributed by atoms with Gasteiger partial charge in [0, 0.05) is 4.88 Å². The number of carboxylic acid groups (broad SMARTS) is 1. The zero-order valence-electron chi connectivity index (χ0n) is 10.0. The van der Waals surface area contributed by atoms with Gasteiger partial charge in [0.25, 0.3) is 5.91 Å². The molecule has 0 aliphatic rings. The Morgan fingerprint density at radius 2 is 2.00 bits per heavy atom. The molecular weight excluding hydrogens is 283 g/mol. The first-order chi connectivity index (χ1) is 8.73. The molecule has 0 saturated heterocycles. The van der Waals surface area contributed by atoms with Crippen LogP contribution in [-0.4, -0.2) is 41.1 Å². The predicted molar refractivity (Wildman–Crippen MR) is 63.3 cm³/mol. The Morgan fingerprint density at radius 3 is 2.42 bits per heavy atom. The second kappa shape index (κ2) is 6.05. The summed E-state index contributed by atoms with van der Waals surface area (Å²) in [6, 6.07) is 3.06. The van der Waals surface area contributed by atoms with Gasteiger partial charge >= 0.3 is 12.1 Å². The lowest BCUT2D eigenvalue weighted by Gasteiger charge is -2.21. The number of thiophene rings is 1. The van der Waals surface area contributed by atoms with Crippen LogP contribution in [0.25, 0.3) is 0 Å². The molecule has 0 unspecified atom stereocenters. The second-order valence-corrected chi connectivity index (χ2v) is 4.96. The van der Waals surface area contributed by atoms with Gasteiger partial charge in [0.15, 0.2) is 0 Å². The number of aryl methyl sites for hydroxylation is 1. The van der Waals surface area contributed by atoms with Gasteiger partial charge in [-0.3, -0.25) is 9.59 Å². The monoisotopic (exact) mass is 295 g/mol. The molecule has 106 valence electrons. The van der Waals surface area contributed by atoms with Crippen LogP contribution in [0, 0.1) is 0 Å². The molecule has 0 spiro atoms. The fourth-order valence-corrected chi connectivity index (χ4v) is 2.33. The van der Waals surface area contributed by atoms with Gasteiger partial charge in [0.2, 0.25) is 0 Å². The molecule has 0 saturated carbocycles. The minimum Gasteiger partial charge on any atom is -0.480 e. The average Bonchev–Trinajstić information content (AvgIpc) is 2.73. The smallest absolute Gasteiger partial charge is 0.406 e. The van der Waals surface area contributed by atoms with Crippen LogP contribution in [0.1, 0.15) is 21.5 Å². The molecule has 0 aliphatic heterocycles. The van der Waals surface area contributed by atoms with Crippen molar-refractivity contribution in [2.75, 3.05) is 13.1 Å². The van der Waals surface area contributed by atoms with Gasteiger partial charge in [-0.2, -0.15) is 13.2 Å². The summed E-state index contributed by atoms with van der Waals surface area (Å²) in [4.78, 5) is 23.6. The van der Waals surface area contributed by atoms with Crippen molar-refractivity contribution in [3.63, 3.8) is 0 Å². The predicted octanol–water partition coefficient (Wildman–Crippen LogP) is 2.40.